The number of nitrogens with zero attached hydrogens (tertiary/aromatic N) is 3. The summed E-state index contributed by atoms with van der Waals surface area (Å²) in [6.07, 6.45) is 0. The maximum atomic E-state index is 11.6. The summed E-state index contributed by atoms with van der Waals surface area (Å²) in [5, 5.41) is 17.2. The molecule has 0 atom stereocenters. The third kappa shape index (κ3) is 3.90. The molecule has 6 nitrogen and oxygen atoms in total. The van der Waals surface area contributed by atoms with E-state index in [4.69, 9.17) is 20.0 Å². The highest BCUT2D eigenvalue weighted by Crippen LogP contribution is 2.27. The fraction of sp³-hybridized carbons (Fsp3) is 0.308. The molecule has 0 saturated carbocycles. The highest BCUT2D eigenvalue weighted by atomic mass is 16.5. The smallest absolute Gasteiger partial charge is 0.261 e. The van der Waals surface area contributed by atoms with Crippen LogP contribution in [0.3, 0.4) is 0 Å². The van der Waals surface area contributed by atoms with E-state index in [9.17, 15) is 4.79 Å². The van der Waals surface area contributed by atoms with Crippen LogP contribution in [0.1, 0.15) is 5.56 Å². The van der Waals surface area contributed by atoms with Gasteiger partial charge in [-0.05, 0) is 12.1 Å². The number of hydrogen-bond donors (Lipinski definition) is 0. The molecule has 0 fully saturated rings. The number of ether oxygens (including phenoxy) is 2. The standard InChI is InChI=1S/C13H13N3O3/c1-16(6-5-14)13(17)9-19-11-4-3-10(8-15)7-12(11)18-2/h3-4,7H,6,9H2,1-2H3. The summed E-state index contributed by atoms with van der Waals surface area (Å²) >= 11 is 0. The van der Waals surface area contributed by atoms with Gasteiger partial charge in [-0.25, -0.2) is 0 Å². The van der Waals surface area contributed by atoms with Gasteiger partial charge in [0, 0.05) is 13.1 Å². The van der Waals surface area contributed by atoms with Crippen molar-refractivity contribution in [3.63, 3.8) is 0 Å². The van der Waals surface area contributed by atoms with Crippen LogP contribution < -0.4 is 9.47 Å². The summed E-state index contributed by atoms with van der Waals surface area (Å²) in [5.74, 6) is 0.447. The first kappa shape index (κ1) is 14.3. The van der Waals surface area contributed by atoms with E-state index in [0.717, 1.165) is 0 Å². The largest absolute Gasteiger partial charge is 0.493 e. The molecule has 19 heavy (non-hydrogen) atoms. The van der Waals surface area contributed by atoms with Crippen LogP contribution in [0.2, 0.25) is 0 Å². The van der Waals surface area contributed by atoms with Gasteiger partial charge in [0.05, 0.1) is 24.8 Å². The van der Waals surface area contributed by atoms with Crippen molar-refractivity contribution in [2.75, 3.05) is 27.3 Å². The number of nitriles is 2. The third-order valence-corrected chi connectivity index (χ3v) is 2.38. The topological polar surface area (TPSA) is 86.3 Å². The van der Waals surface area contributed by atoms with E-state index in [1.165, 1.54) is 25.1 Å². The predicted octanol–water partition coefficient (Wildman–Crippen LogP) is 0.928. The van der Waals surface area contributed by atoms with Crippen LogP contribution in [0.15, 0.2) is 18.2 Å². The highest BCUT2D eigenvalue weighted by molar-refractivity contribution is 5.77. The predicted molar refractivity (Wildman–Crippen MR) is 66.5 cm³/mol. The van der Waals surface area contributed by atoms with Crippen LogP contribution in [0, 0.1) is 22.7 Å². The molecule has 0 heterocycles. The average Bonchev–Trinajstić information content (AvgIpc) is 2.44. The Bertz CT molecular complexity index is 543. The molecule has 0 radical (unpaired) electrons. The van der Waals surface area contributed by atoms with E-state index in [1.54, 1.807) is 12.1 Å². The van der Waals surface area contributed by atoms with Crippen molar-refractivity contribution in [2.24, 2.45) is 0 Å². The molecular formula is C13H13N3O3. The molecule has 1 amide bonds. The molecule has 0 N–H and O–H groups in total. The second kappa shape index (κ2) is 6.87. The van der Waals surface area contributed by atoms with Crippen molar-refractivity contribution in [3.05, 3.63) is 23.8 Å². The second-order valence-corrected chi connectivity index (χ2v) is 3.67. The fourth-order valence-corrected chi connectivity index (χ4v) is 1.30. The van der Waals surface area contributed by atoms with E-state index >= 15 is 0 Å². The average molecular weight is 259 g/mol. The van der Waals surface area contributed by atoms with E-state index in [1.807, 2.05) is 12.1 Å². The first-order chi connectivity index (χ1) is 9.12. The Morgan fingerprint density at radius 2 is 2.11 bits per heavy atom. The maximum absolute atomic E-state index is 11.6. The summed E-state index contributed by atoms with van der Waals surface area (Å²) in [6, 6.07) is 8.52. The summed E-state index contributed by atoms with van der Waals surface area (Å²) in [4.78, 5) is 12.8. The lowest BCUT2D eigenvalue weighted by molar-refractivity contribution is -0.131. The minimum atomic E-state index is -0.312. The Hall–Kier alpha value is -2.73. The van der Waals surface area contributed by atoms with E-state index in [-0.39, 0.29) is 19.1 Å². The lowest BCUT2D eigenvalue weighted by Gasteiger charge is -2.15. The van der Waals surface area contributed by atoms with Crippen molar-refractivity contribution in [2.45, 2.75) is 0 Å². The van der Waals surface area contributed by atoms with Gasteiger partial charge in [-0.15, -0.1) is 0 Å². The monoisotopic (exact) mass is 259 g/mol. The first-order valence-electron chi connectivity index (χ1n) is 5.44. The Labute approximate surface area is 111 Å². The molecule has 98 valence electrons. The number of rotatable bonds is 5. The number of carbonyl (C=O) groups is 1. The molecule has 0 aliphatic carbocycles. The molecule has 6 heteroatoms. The molecule has 1 aromatic carbocycles. The minimum Gasteiger partial charge on any atom is -0.493 e. The summed E-state index contributed by atoms with van der Waals surface area (Å²) in [6.45, 7) is -0.187. The third-order valence-electron chi connectivity index (χ3n) is 2.38. The number of amides is 1. The van der Waals surface area contributed by atoms with Crippen LogP contribution >= 0.6 is 0 Å². The molecule has 1 rings (SSSR count). The van der Waals surface area contributed by atoms with Crippen molar-refractivity contribution in [1.82, 2.24) is 4.90 Å². The molecule has 0 spiro atoms. The second-order valence-electron chi connectivity index (χ2n) is 3.67. The summed E-state index contributed by atoms with van der Waals surface area (Å²) in [7, 11) is 2.97. The van der Waals surface area contributed by atoms with Gasteiger partial charge in [0.15, 0.2) is 18.1 Å². The van der Waals surface area contributed by atoms with Gasteiger partial charge in [-0.1, -0.05) is 0 Å². The van der Waals surface area contributed by atoms with Gasteiger partial charge in [-0.3, -0.25) is 4.79 Å². The van der Waals surface area contributed by atoms with Crippen molar-refractivity contribution >= 4 is 5.91 Å². The summed E-state index contributed by atoms with van der Waals surface area (Å²) in [5.41, 5.74) is 0.442. The maximum Gasteiger partial charge on any atom is 0.261 e. The normalized spacial score (nSPS) is 9.05. The Kier molecular flexibility index (Phi) is 5.18. The van der Waals surface area contributed by atoms with E-state index in [2.05, 4.69) is 0 Å². The van der Waals surface area contributed by atoms with Crippen molar-refractivity contribution < 1.29 is 14.3 Å². The van der Waals surface area contributed by atoms with Gasteiger partial charge >= 0.3 is 0 Å². The molecule has 0 aromatic heterocycles. The van der Waals surface area contributed by atoms with Crippen LogP contribution in [-0.2, 0) is 4.79 Å². The minimum absolute atomic E-state index is 0.00665. The molecule has 0 saturated heterocycles. The lowest BCUT2D eigenvalue weighted by Crippen LogP contribution is -2.31. The van der Waals surface area contributed by atoms with Crippen LogP contribution in [0.4, 0.5) is 0 Å². The molecule has 0 unspecified atom stereocenters. The first-order valence-corrected chi connectivity index (χ1v) is 5.44. The molecule has 0 bridgehead atoms. The van der Waals surface area contributed by atoms with Gasteiger partial charge in [-0.2, -0.15) is 10.5 Å². The molecule has 0 aliphatic heterocycles. The zero-order chi connectivity index (χ0) is 14.3. The van der Waals surface area contributed by atoms with Crippen LogP contribution in [0.5, 0.6) is 11.5 Å². The van der Waals surface area contributed by atoms with Gasteiger partial charge in [0.1, 0.15) is 6.54 Å². The van der Waals surface area contributed by atoms with Crippen LogP contribution in [-0.4, -0.2) is 38.1 Å². The number of methoxy groups -OCH3 is 1. The molecular weight excluding hydrogens is 246 g/mol. The number of benzene rings is 1. The van der Waals surface area contributed by atoms with Crippen LogP contribution in [0.25, 0.3) is 0 Å². The van der Waals surface area contributed by atoms with Gasteiger partial charge < -0.3 is 14.4 Å². The SMILES string of the molecule is COc1cc(C#N)ccc1OCC(=O)N(C)CC#N. The fourth-order valence-electron chi connectivity index (χ4n) is 1.30. The van der Waals surface area contributed by atoms with E-state index < -0.39 is 0 Å². The summed E-state index contributed by atoms with van der Waals surface area (Å²) < 4.78 is 10.4. The lowest BCUT2D eigenvalue weighted by atomic mass is 10.2. The van der Waals surface area contributed by atoms with Gasteiger partial charge in [0.25, 0.3) is 5.91 Å². The number of carbonyl (C=O) groups excluding carboxylic acids is 1. The van der Waals surface area contributed by atoms with Crippen molar-refractivity contribution in [3.8, 4) is 23.6 Å². The van der Waals surface area contributed by atoms with Gasteiger partial charge in [0.2, 0.25) is 0 Å². The Morgan fingerprint density at radius 3 is 2.68 bits per heavy atom. The zero-order valence-electron chi connectivity index (χ0n) is 10.7. The quantitative estimate of drug-likeness (QED) is 0.734. The number of likely N-dealkylation sites (N-methyl/N-ethyl adjacent to an activating group) is 1. The Morgan fingerprint density at radius 1 is 1.37 bits per heavy atom. The number of hydrogen-bond acceptors (Lipinski definition) is 5. The zero-order valence-corrected chi connectivity index (χ0v) is 10.7. The Balaban J connectivity index is 2.71. The van der Waals surface area contributed by atoms with E-state index in [0.29, 0.717) is 17.1 Å². The highest BCUT2D eigenvalue weighted by Gasteiger charge is 2.11. The van der Waals surface area contributed by atoms with Crippen molar-refractivity contribution in [1.29, 1.82) is 10.5 Å². The molecule has 1 aromatic rings. The molecule has 0 aliphatic rings.